The van der Waals surface area contributed by atoms with Gasteiger partial charge >= 0.3 is 0 Å². The first-order chi connectivity index (χ1) is 7.53. The van der Waals surface area contributed by atoms with E-state index < -0.39 is 9.84 Å². The van der Waals surface area contributed by atoms with Gasteiger partial charge in [-0.2, -0.15) is 0 Å². The molecule has 16 heavy (non-hydrogen) atoms. The molecule has 4 nitrogen and oxygen atoms in total. The van der Waals surface area contributed by atoms with Gasteiger partial charge in [0.15, 0.2) is 9.84 Å². The Hall–Kier alpha value is -0.780. The van der Waals surface area contributed by atoms with Crippen molar-refractivity contribution in [3.63, 3.8) is 0 Å². The van der Waals surface area contributed by atoms with Crippen molar-refractivity contribution in [3.05, 3.63) is 23.2 Å². The van der Waals surface area contributed by atoms with E-state index in [1.165, 1.54) is 0 Å². The van der Waals surface area contributed by atoms with Crippen LogP contribution in [0.5, 0.6) is 0 Å². The molecule has 1 aromatic carbocycles. The Balaban J connectivity index is 2.44. The lowest BCUT2D eigenvalue weighted by molar-refractivity contribution is 0.580. The summed E-state index contributed by atoms with van der Waals surface area (Å²) in [7, 11) is -3.21. The van der Waals surface area contributed by atoms with Gasteiger partial charge in [0.2, 0.25) is 0 Å². The van der Waals surface area contributed by atoms with E-state index in [4.69, 9.17) is 17.3 Å². The van der Waals surface area contributed by atoms with Crippen LogP contribution in [-0.2, 0) is 9.84 Å². The molecule has 1 aliphatic heterocycles. The van der Waals surface area contributed by atoms with Gasteiger partial charge in [-0.3, -0.25) is 0 Å². The summed E-state index contributed by atoms with van der Waals surface area (Å²) >= 11 is 5.84. The highest BCUT2D eigenvalue weighted by Crippen LogP contribution is 2.31. The standard InChI is InChI=1S/C10H13ClN2O2S/c11-7-1-2-10-9(5-7)13-8(3-4-12)6-16(10,14)15/h1-2,5,8,13H,3-4,6,12H2. The molecule has 0 spiro atoms. The van der Waals surface area contributed by atoms with E-state index in [-0.39, 0.29) is 11.8 Å². The summed E-state index contributed by atoms with van der Waals surface area (Å²) in [5, 5.41) is 3.67. The van der Waals surface area contributed by atoms with E-state index in [0.717, 1.165) is 0 Å². The van der Waals surface area contributed by atoms with Crippen LogP contribution in [0.2, 0.25) is 5.02 Å². The quantitative estimate of drug-likeness (QED) is 0.840. The molecule has 0 saturated carbocycles. The zero-order valence-electron chi connectivity index (χ0n) is 8.61. The van der Waals surface area contributed by atoms with Crippen molar-refractivity contribution < 1.29 is 8.42 Å². The summed E-state index contributed by atoms with van der Waals surface area (Å²) in [6.45, 7) is 0.461. The summed E-state index contributed by atoms with van der Waals surface area (Å²) in [6.07, 6.45) is 0.630. The monoisotopic (exact) mass is 260 g/mol. The fraction of sp³-hybridized carbons (Fsp3) is 0.400. The Morgan fingerprint density at radius 3 is 2.94 bits per heavy atom. The number of hydrogen-bond donors (Lipinski definition) is 2. The van der Waals surface area contributed by atoms with E-state index in [9.17, 15) is 8.42 Å². The SMILES string of the molecule is NCCC1CS(=O)(=O)c2ccc(Cl)cc2N1. The third-order valence-corrected chi connectivity index (χ3v) is 4.67. The molecule has 0 bridgehead atoms. The Kier molecular flexibility index (Phi) is 3.10. The van der Waals surface area contributed by atoms with Crippen LogP contribution in [-0.4, -0.2) is 26.8 Å². The third-order valence-electron chi connectivity index (χ3n) is 2.57. The van der Waals surface area contributed by atoms with E-state index in [1.54, 1.807) is 18.2 Å². The second-order valence-electron chi connectivity index (χ2n) is 3.84. The normalized spacial score (nSPS) is 22.2. The van der Waals surface area contributed by atoms with Gasteiger partial charge in [0, 0.05) is 11.1 Å². The fourth-order valence-corrected chi connectivity index (χ4v) is 3.72. The minimum absolute atomic E-state index is 0.0961. The maximum Gasteiger partial charge on any atom is 0.182 e. The van der Waals surface area contributed by atoms with Crippen LogP contribution in [0.15, 0.2) is 23.1 Å². The first kappa shape index (κ1) is 11.7. The number of nitrogens with two attached hydrogens (primary N) is 1. The van der Waals surface area contributed by atoms with Gasteiger partial charge in [-0.15, -0.1) is 0 Å². The van der Waals surface area contributed by atoms with Crippen LogP contribution < -0.4 is 11.1 Å². The second kappa shape index (κ2) is 4.24. The molecule has 6 heteroatoms. The number of rotatable bonds is 2. The van der Waals surface area contributed by atoms with E-state index in [0.29, 0.717) is 28.6 Å². The molecular weight excluding hydrogens is 248 g/mol. The lowest BCUT2D eigenvalue weighted by Gasteiger charge is -2.26. The molecular formula is C10H13ClN2O2S. The number of sulfone groups is 1. The highest BCUT2D eigenvalue weighted by Gasteiger charge is 2.29. The molecule has 1 heterocycles. The Morgan fingerprint density at radius 1 is 1.50 bits per heavy atom. The van der Waals surface area contributed by atoms with Gasteiger partial charge in [0.25, 0.3) is 0 Å². The Labute approximate surface area is 99.7 Å². The molecule has 1 aliphatic rings. The van der Waals surface area contributed by atoms with Crippen molar-refractivity contribution in [2.45, 2.75) is 17.4 Å². The van der Waals surface area contributed by atoms with Gasteiger partial charge in [-0.05, 0) is 31.2 Å². The molecule has 0 fully saturated rings. The molecule has 1 aromatic rings. The van der Waals surface area contributed by atoms with Crippen LogP contribution >= 0.6 is 11.6 Å². The van der Waals surface area contributed by atoms with Crippen molar-refractivity contribution >= 4 is 27.1 Å². The molecule has 0 amide bonds. The van der Waals surface area contributed by atoms with E-state index in [2.05, 4.69) is 5.32 Å². The molecule has 3 N–H and O–H groups in total. The molecule has 0 aliphatic carbocycles. The number of benzene rings is 1. The van der Waals surface area contributed by atoms with Crippen molar-refractivity contribution in [3.8, 4) is 0 Å². The van der Waals surface area contributed by atoms with Crippen LogP contribution in [0, 0.1) is 0 Å². The number of hydrogen-bond acceptors (Lipinski definition) is 4. The minimum Gasteiger partial charge on any atom is -0.380 e. The van der Waals surface area contributed by atoms with Gasteiger partial charge in [0.1, 0.15) is 0 Å². The van der Waals surface area contributed by atoms with Crippen molar-refractivity contribution in [2.24, 2.45) is 5.73 Å². The first-order valence-corrected chi connectivity index (χ1v) is 7.05. The van der Waals surface area contributed by atoms with E-state index in [1.807, 2.05) is 0 Å². The Morgan fingerprint density at radius 2 is 2.25 bits per heavy atom. The maximum atomic E-state index is 11.9. The molecule has 2 rings (SSSR count). The number of fused-ring (bicyclic) bond motifs is 1. The van der Waals surface area contributed by atoms with Crippen LogP contribution in [0.25, 0.3) is 0 Å². The average Bonchev–Trinajstić information content (AvgIpc) is 2.15. The number of nitrogens with one attached hydrogen (secondary N) is 1. The zero-order valence-corrected chi connectivity index (χ0v) is 10.2. The van der Waals surface area contributed by atoms with Gasteiger partial charge < -0.3 is 11.1 Å². The predicted octanol–water partition coefficient (Wildman–Crippen LogP) is 1.26. The third kappa shape index (κ3) is 2.16. The molecule has 1 unspecified atom stereocenters. The fourth-order valence-electron chi connectivity index (χ4n) is 1.86. The number of anilines is 1. The van der Waals surface area contributed by atoms with Crippen molar-refractivity contribution in [1.29, 1.82) is 0 Å². The lowest BCUT2D eigenvalue weighted by atomic mass is 10.2. The van der Waals surface area contributed by atoms with Gasteiger partial charge in [-0.25, -0.2) is 8.42 Å². The molecule has 0 aromatic heterocycles. The molecule has 0 radical (unpaired) electrons. The average molecular weight is 261 g/mol. The van der Waals surface area contributed by atoms with Gasteiger partial charge in [0.05, 0.1) is 16.3 Å². The smallest absolute Gasteiger partial charge is 0.182 e. The molecule has 1 atom stereocenters. The second-order valence-corrected chi connectivity index (χ2v) is 6.28. The summed E-state index contributed by atoms with van der Waals surface area (Å²) in [4.78, 5) is 0.324. The van der Waals surface area contributed by atoms with Gasteiger partial charge in [-0.1, -0.05) is 11.6 Å². The van der Waals surface area contributed by atoms with Crippen molar-refractivity contribution in [1.82, 2.24) is 0 Å². The summed E-state index contributed by atoms with van der Waals surface area (Å²) < 4.78 is 23.9. The van der Waals surface area contributed by atoms with Crippen molar-refractivity contribution in [2.75, 3.05) is 17.6 Å². The highest BCUT2D eigenvalue weighted by atomic mass is 35.5. The summed E-state index contributed by atoms with van der Waals surface area (Å²) in [6, 6.07) is 4.64. The molecule has 0 saturated heterocycles. The first-order valence-electron chi connectivity index (χ1n) is 5.02. The Bertz CT molecular complexity index is 502. The van der Waals surface area contributed by atoms with Crippen LogP contribution in [0.4, 0.5) is 5.69 Å². The minimum atomic E-state index is -3.21. The maximum absolute atomic E-state index is 11.9. The van der Waals surface area contributed by atoms with Crippen LogP contribution in [0.3, 0.4) is 0 Å². The topological polar surface area (TPSA) is 72.2 Å². The van der Waals surface area contributed by atoms with Crippen LogP contribution in [0.1, 0.15) is 6.42 Å². The molecule has 88 valence electrons. The largest absolute Gasteiger partial charge is 0.380 e. The van der Waals surface area contributed by atoms with E-state index >= 15 is 0 Å². The highest BCUT2D eigenvalue weighted by molar-refractivity contribution is 7.91. The number of halogens is 1. The zero-order chi connectivity index (χ0) is 11.8. The summed E-state index contributed by atoms with van der Waals surface area (Å²) in [5.41, 5.74) is 6.02. The lowest BCUT2D eigenvalue weighted by Crippen LogP contribution is -2.35. The predicted molar refractivity (Wildman–Crippen MR) is 64.6 cm³/mol. The summed E-state index contributed by atoms with van der Waals surface area (Å²) in [5.74, 6) is 0.0961.